The molecule has 0 radical (unpaired) electrons. The Balaban J connectivity index is 1.73. The van der Waals surface area contributed by atoms with Crippen molar-refractivity contribution < 1.29 is 13.9 Å². The van der Waals surface area contributed by atoms with Gasteiger partial charge in [-0.3, -0.25) is 4.79 Å². The van der Waals surface area contributed by atoms with Gasteiger partial charge in [-0.05, 0) is 36.8 Å². The minimum Gasteiger partial charge on any atom is -0.343 e. The molecule has 0 N–H and O–H groups in total. The number of hydrogen-bond donors (Lipinski definition) is 0. The van der Waals surface area contributed by atoms with Gasteiger partial charge >= 0.3 is 0 Å². The van der Waals surface area contributed by atoms with Crippen molar-refractivity contribution in [1.82, 2.24) is 9.78 Å². The van der Waals surface area contributed by atoms with Gasteiger partial charge in [-0.15, -0.1) is 0 Å². The number of aryl methyl sites for hydroxylation is 1. The molecule has 27 heavy (non-hydrogen) atoms. The predicted molar refractivity (Wildman–Crippen MR) is 98.3 cm³/mol. The van der Waals surface area contributed by atoms with Crippen molar-refractivity contribution in [2.24, 2.45) is 0 Å². The van der Waals surface area contributed by atoms with Gasteiger partial charge in [0.05, 0.1) is 31.0 Å². The Hall–Kier alpha value is -2.83. The lowest BCUT2D eigenvalue weighted by Gasteiger charge is -2.27. The van der Waals surface area contributed by atoms with E-state index >= 15 is 0 Å². The molecule has 0 amide bonds. The average molecular weight is 366 g/mol. The largest absolute Gasteiger partial charge is 0.343 e. The second kappa shape index (κ2) is 7.06. The number of nitrogens with zero attached hydrogens (tertiary/aromatic N) is 2. The van der Waals surface area contributed by atoms with E-state index in [0.717, 1.165) is 16.8 Å². The van der Waals surface area contributed by atoms with E-state index in [1.807, 2.05) is 31.2 Å². The second-order valence-electron chi connectivity index (χ2n) is 6.49. The lowest BCUT2D eigenvalue weighted by Crippen LogP contribution is -2.32. The quantitative estimate of drug-likeness (QED) is 0.712. The smallest absolute Gasteiger partial charge is 0.271 e. The second-order valence-corrected chi connectivity index (χ2v) is 6.49. The summed E-state index contributed by atoms with van der Waals surface area (Å²) in [6, 6.07) is 16.8. The third-order valence-electron chi connectivity index (χ3n) is 4.65. The highest BCUT2D eigenvalue weighted by atomic mass is 19.1. The molecule has 5 nitrogen and oxygen atoms in total. The van der Waals surface area contributed by atoms with E-state index in [0.29, 0.717) is 25.3 Å². The molecule has 2 heterocycles. The first-order valence-corrected chi connectivity index (χ1v) is 8.77. The number of aromatic nitrogens is 2. The van der Waals surface area contributed by atoms with E-state index in [9.17, 15) is 9.18 Å². The van der Waals surface area contributed by atoms with Crippen LogP contribution in [-0.2, 0) is 21.7 Å². The number of hydrogen-bond acceptors (Lipinski definition) is 4. The van der Waals surface area contributed by atoms with Crippen molar-refractivity contribution >= 4 is 0 Å². The molecule has 6 heteroatoms. The minimum absolute atomic E-state index is 0.211. The predicted octanol–water partition coefficient (Wildman–Crippen LogP) is 3.12. The van der Waals surface area contributed by atoms with Gasteiger partial charge in [0.2, 0.25) is 5.79 Å². The molecule has 4 rings (SSSR count). The summed E-state index contributed by atoms with van der Waals surface area (Å²) < 4.78 is 26.5. The first-order valence-electron chi connectivity index (χ1n) is 8.77. The summed E-state index contributed by atoms with van der Waals surface area (Å²) >= 11 is 0. The van der Waals surface area contributed by atoms with Crippen LogP contribution in [0.15, 0.2) is 65.5 Å². The third-order valence-corrected chi connectivity index (χ3v) is 4.65. The number of ether oxygens (including phenoxy) is 2. The highest BCUT2D eigenvalue weighted by molar-refractivity contribution is 5.39. The van der Waals surface area contributed by atoms with Gasteiger partial charge in [-0.25, -0.2) is 4.39 Å². The molecule has 0 bridgehead atoms. The fourth-order valence-electron chi connectivity index (χ4n) is 3.28. The van der Waals surface area contributed by atoms with Crippen molar-refractivity contribution in [3.05, 3.63) is 93.7 Å². The van der Waals surface area contributed by atoms with Crippen LogP contribution >= 0.6 is 0 Å². The molecule has 0 unspecified atom stereocenters. The topological polar surface area (TPSA) is 53.4 Å². The monoisotopic (exact) mass is 366 g/mol. The Bertz CT molecular complexity index is 1010. The van der Waals surface area contributed by atoms with Gasteiger partial charge in [0.1, 0.15) is 5.82 Å². The maximum atomic E-state index is 13.3. The molecule has 0 aliphatic carbocycles. The van der Waals surface area contributed by atoms with Gasteiger partial charge in [0, 0.05) is 11.6 Å². The molecule has 0 spiro atoms. The molecule has 3 aromatic rings. The van der Waals surface area contributed by atoms with E-state index < -0.39 is 5.79 Å². The van der Waals surface area contributed by atoms with Gasteiger partial charge in [-0.1, -0.05) is 30.3 Å². The van der Waals surface area contributed by atoms with Crippen LogP contribution in [0.5, 0.6) is 0 Å². The molecule has 1 aliphatic rings. The van der Waals surface area contributed by atoms with Crippen molar-refractivity contribution in [3.8, 4) is 5.69 Å². The Labute approximate surface area is 156 Å². The third kappa shape index (κ3) is 3.41. The normalized spacial score (nSPS) is 15.8. The molecule has 1 aliphatic heterocycles. The lowest BCUT2D eigenvalue weighted by atomic mass is 10.0. The first kappa shape index (κ1) is 17.6. The van der Waals surface area contributed by atoms with Gasteiger partial charge in [0.15, 0.2) is 0 Å². The number of benzene rings is 2. The zero-order valence-corrected chi connectivity index (χ0v) is 14.9. The minimum atomic E-state index is -1.03. The number of para-hydroxylation sites is 1. The van der Waals surface area contributed by atoms with E-state index in [4.69, 9.17) is 9.47 Å². The summed E-state index contributed by atoms with van der Waals surface area (Å²) in [5, 5.41) is 4.53. The Kier molecular flexibility index (Phi) is 4.59. The fourth-order valence-corrected chi connectivity index (χ4v) is 3.28. The van der Waals surface area contributed by atoms with Crippen LogP contribution in [0.2, 0.25) is 0 Å². The highest BCUT2D eigenvalue weighted by Crippen LogP contribution is 2.34. The number of rotatable bonds is 4. The van der Waals surface area contributed by atoms with E-state index in [1.54, 1.807) is 18.2 Å². The molecular formula is C21H19FN2O3. The molecular weight excluding hydrogens is 347 g/mol. The Morgan fingerprint density at radius 3 is 2.44 bits per heavy atom. The van der Waals surface area contributed by atoms with Crippen LogP contribution in [0.1, 0.15) is 16.8 Å². The van der Waals surface area contributed by atoms with Crippen LogP contribution in [-0.4, -0.2) is 23.0 Å². The standard InChI is InChI=1S/C21H19FN2O3/c1-15-4-2-3-5-19(15)24-20(25)11-10-18(23-24)14-21(26-12-13-27-21)16-6-8-17(22)9-7-16/h2-11H,12-14H2,1H3. The summed E-state index contributed by atoms with van der Waals surface area (Å²) in [5.74, 6) is -1.35. The van der Waals surface area contributed by atoms with E-state index in [2.05, 4.69) is 5.10 Å². The maximum absolute atomic E-state index is 13.3. The van der Waals surface area contributed by atoms with Gasteiger partial charge in [0.25, 0.3) is 5.56 Å². The van der Waals surface area contributed by atoms with Crippen molar-refractivity contribution in [2.75, 3.05) is 13.2 Å². The van der Waals surface area contributed by atoms with Crippen molar-refractivity contribution in [1.29, 1.82) is 0 Å². The maximum Gasteiger partial charge on any atom is 0.271 e. The van der Waals surface area contributed by atoms with E-state index in [-0.39, 0.29) is 11.4 Å². The molecule has 1 fully saturated rings. The van der Waals surface area contributed by atoms with Crippen molar-refractivity contribution in [3.63, 3.8) is 0 Å². The zero-order valence-electron chi connectivity index (χ0n) is 14.9. The number of halogens is 1. The Morgan fingerprint density at radius 2 is 1.74 bits per heavy atom. The molecule has 1 saturated heterocycles. The van der Waals surface area contributed by atoms with Gasteiger partial charge in [-0.2, -0.15) is 9.78 Å². The molecule has 1 aromatic heterocycles. The van der Waals surface area contributed by atoms with Crippen LogP contribution in [0.25, 0.3) is 5.69 Å². The molecule has 0 atom stereocenters. The first-order chi connectivity index (χ1) is 13.1. The van der Waals surface area contributed by atoms with Crippen LogP contribution in [0, 0.1) is 12.7 Å². The zero-order chi connectivity index (χ0) is 18.9. The average Bonchev–Trinajstić information content (AvgIpc) is 3.14. The summed E-state index contributed by atoms with van der Waals surface area (Å²) in [4.78, 5) is 12.3. The summed E-state index contributed by atoms with van der Waals surface area (Å²) in [6.45, 7) is 2.81. The lowest BCUT2D eigenvalue weighted by molar-refractivity contribution is -0.165. The van der Waals surface area contributed by atoms with Crippen LogP contribution < -0.4 is 5.56 Å². The SMILES string of the molecule is Cc1ccccc1-n1nc(CC2(c3ccc(F)cc3)OCCO2)ccc1=O. The van der Waals surface area contributed by atoms with E-state index in [1.165, 1.54) is 22.9 Å². The summed E-state index contributed by atoms with van der Waals surface area (Å²) in [7, 11) is 0. The summed E-state index contributed by atoms with van der Waals surface area (Å²) in [6.07, 6.45) is 0.310. The molecule has 138 valence electrons. The van der Waals surface area contributed by atoms with Gasteiger partial charge < -0.3 is 9.47 Å². The Morgan fingerprint density at radius 1 is 1.04 bits per heavy atom. The molecule has 0 saturated carbocycles. The molecule has 2 aromatic carbocycles. The van der Waals surface area contributed by atoms with Crippen LogP contribution in [0.3, 0.4) is 0 Å². The highest BCUT2D eigenvalue weighted by Gasteiger charge is 2.39. The van der Waals surface area contributed by atoms with Crippen molar-refractivity contribution in [2.45, 2.75) is 19.1 Å². The van der Waals surface area contributed by atoms with Crippen LogP contribution in [0.4, 0.5) is 4.39 Å². The summed E-state index contributed by atoms with van der Waals surface area (Å²) in [5.41, 5.74) is 2.83. The fraction of sp³-hybridized carbons (Fsp3) is 0.238.